The summed E-state index contributed by atoms with van der Waals surface area (Å²) < 4.78 is 12.4. The average Bonchev–Trinajstić information content (AvgIpc) is 2.54. The smallest absolute Gasteiger partial charge is 0.261 e. The largest absolute Gasteiger partial charge is 0.407 e. The SMILES string of the molecule is CC1(CO[Si](c2ccccc2)(c2ccccc2)C(C)(C)C)COC1. The third kappa shape index (κ3) is 3.08. The number of benzene rings is 2. The summed E-state index contributed by atoms with van der Waals surface area (Å²) in [5.74, 6) is 0. The molecule has 128 valence electrons. The monoisotopic (exact) mass is 340 g/mol. The minimum Gasteiger partial charge on any atom is -0.407 e. The fraction of sp³-hybridized carbons (Fsp3) is 0.429. The highest BCUT2D eigenvalue weighted by Gasteiger charge is 2.51. The zero-order chi connectivity index (χ0) is 17.3. The molecule has 0 atom stereocenters. The van der Waals surface area contributed by atoms with Crippen molar-refractivity contribution in [1.29, 1.82) is 0 Å². The Bertz CT molecular complexity index is 618. The second kappa shape index (κ2) is 6.47. The van der Waals surface area contributed by atoms with Gasteiger partial charge in [-0.15, -0.1) is 0 Å². The van der Waals surface area contributed by atoms with Crippen molar-refractivity contribution in [1.82, 2.24) is 0 Å². The van der Waals surface area contributed by atoms with Crippen LogP contribution in [0.15, 0.2) is 60.7 Å². The lowest BCUT2D eigenvalue weighted by Crippen LogP contribution is -2.67. The Morgan fingerprint density at radius 3 is 1.71 bits per heavy atom. The van der Waals surface area contributed by atoms with Crippen molar-refractivity contribution in [3.8, 4) is 0 Å². The van der Waals surface area contributed by atoms with E-state index in [1.54, 1.807) is 0 Å². The van der Waals surface area contributed by atoms with Crippen molar-refractivity contribution in [2.24, 2.45) is 5.41 Å². The van der Waals surface area contributed by atoms with Gasteiger partial charge >= 0.3 is 0 Å². The van der Waals surface area contributed by atoms with E-state index in [4.69, 9.17) is 9.16 Å². The van der Waals surface area contributed by atoms with Gasteiger partial charge in [0, 0.05) is 12.0 Å². The van der Waals surface area contributed by atoms with Gasteiger partial charge in [0.1, 0.15) is 0 Å². The molecular weight excluding hydrogens is 312 g/mol. The molecule has 2 nitrogen and oxygen atoms in total. The normalized spacial score (nSPS) is 17.3. The van der Waals surface area contributed by atoms with Gasteiger partial charge < -0.3 is 9.16 Å². The summed E-state index contributed by atoms with van der Waals surface area (Å²) >= 11 is 0. The van der Waals surface area contributed by atoms with Gasteiger partial charge in [-0.1, -0.05) is 88.4 Å². The molecule has 3 heteroatoms. The molecule has 0 aliphatic carbocycles. The minimum atomic E-state index is -2.40. The number of ether oxygens (including phenoxy) is 1. The quantitative estimate of drug-likeness (QED) is 0.774. The second-order valence-corrected chi connectivity index (χ2v) is 12.6. The van der Waals surface area contributed by atoms with Crippen molar-refractivity contribution in [2.45, 2.75) is 32.7 Å². The van der Waals surface area contributed by atoms with Crippen LogP contribution in [0, 0.1) is 5.41 Å². The van der Waals surface area contributed by atoms with Crippen LogP contribution in [0.5, 0.6) is 0 Å². The van der Waals surface area contributed by atoms with Crippen LogP contribution in [0.4, 0.5) is 0 Å². The van der Waals surface area contributed by atoms with Crippen molar-refractivity contribution < 1.29 is 9.16 Å². The van der Waals surface area contributed by atoms with Gasteiger partial charge in [-0.2, -0.15) is 0 Å². The zero-order valence-corrected chi connectivity index (χ0v) is 16.2. The van der Waals surface area contributed by atoms with Gasteiger partial charge in [0.15, 0.2) is 0 Å². The maximum Gasteiger partial charge on any atom is 0.261 e. The van der Waals surface area contributed by atoms with Crippen LogP contribution >= 0.6 is 0 Å². The molecule has 0 radical (unpaired) electrons. The van der Waals surface area contributed by atoms with E-state index in [1.165, 1.54) is 10.4 Å². The number of hydrogen-bond donors (Lipinski definition) is 0. The van der Waals surface area contributed by atoms with Crippen LogP contribution in [-0.4, -0.2) is 28.1 Å². The van der Waals surface area contributed by atoms with E-state index < -0.39 is 8.32 Å². The zero-order valence-electron chi connectivity index (χ0n) is 15.2. The maximum atomic E-state index is 6.93. The first-order valence-electron chi connectivity index (χ1n) is 8.70. The standard InChI is InChI=1S/C21H28O2Si/c1-20(2,3)24(18-11-7-5-8-12-18,19-13-9-6-10-14-19)23-17-21(4)15-22-16-21/h5-14H,15-17H2,1-4H3. The Labute approximate surface area is 146 Å². The molecule has 1 fully saturated rings. The molecule has 1 heterocycles. The van der Waals surface area contributed by atoms with Gasteiger partial charge in [-0.3, -0.25) is 0 Å². The molecule has 0 aromatic heterocycles. The van der Waals surface area contributed by atoms with E-state index in [9.17, 15) is 0 Å². The minimum absolute atomic E-state index is 0.0384. The van der Waals surface area contributed by atoms with Crippen molar-refractivity contribution in [3.63, 3.8) is 0 Å². The van der Waals surface area contributed by atoms with Crippen LogP contribution in [0.25, 0.3) is 0 Å². The number of hydrogen-bond acceptors (Lipinski definition) is 2. The molecule has 1 aliphatic rings. The molecule has 0 amide bonds. The maximum absolute atomic E-state index is 6.93. The first kappa shape index (κ1) is 17.4. The van der Waals surface area contributed by atoms with Gasteiger partial charge in [0.05, 0.1) is 13.2 Å². The molecule has 0 unspecified atom stereocenters. The van der Waals surface area contributed by atoms with E-state index in [0.29, 0.717) is 0 Å². The summed E-state index contributed by atoms with van der Waals surface area (Å²) in [7, 11) is -2.40. The first-order valence-corrected chi connectivity index (χ1v) is 10.6. The fourth-order valence-corrected chi connectivity index (χ4v) is 8.30. The summed E-state index contributed by atoms with van der Waals surface area (Å²) in [6.07, 6.45) is 0. The van der Waals surface area contributed by atoms with Crippen LogP contribution < -0.4 is 10.4 Å². The van der Waals surface area contributed by atoms with E-state index in [1.807, 2.05) is 0 Å². The average molecular weight is 341 g/mol. The Hall–Kier alpha value is -1.42. The first-order chi connectivity index (χ1) is 11.4. The van der Waals surface area contributed by atoms with E-state index in [0.717, 1.165) is 19.8 Å². The molecule has 24 heavy (non-hydrogen) atoms. The molecule has 0 N–H and O–H groups in total. The lowest BCUT2D eigenvalue weighted by atomic mass is 9.90. The molecule has 2 aromatic rings. The van der Waals surface area contributed by atoms with Crippen molar-refractivity contribution >= 4 is 18.7 Å². The molecule has 3 rings (SSSR count). The molecule has 0 saturated carbocycles. The Morgan fingerprint density at radius 1 is 0.917 bits per heavy atom. The predicted octanol–water partition coefficient (Wildman–Crippen LogP) is 3.60. The summed E-state index contributed by atoms with van der Waals surface area (Å²) in [6.45, 7) is 11.6. The third-order valence-corrected chi connectivity index (χ3v) is 9.94. The lowest BCUT2D eigenvalue weighted by Gasteiger charge is -2.47. The summed E-state index contributed by atoms with van der Waals surface area (Å²) in [4.78, 5) is 0. The predicted molar refractivity (Wildman–Crippen MR) is 102 cm³/mol. The Morgan fingerprint density at radius 2 is 1.38 bits per heavy atom. The molecule has 1 saturated heterocycles. The molecule has 0 spiro atoms. The van der Waals surface area contributed by atoms with Crippen molar-refractivity contribution in [2.75, 3.05) is 19.8 Å². The highest BCUT2D eigenvalue weighted by Crippen LogP contribution is 2.38. The van der Waals surface area contributed by atoms with E-state index in [2.05, 4.69) is 88.4 Å². The lowest BCUT2D eigenvalue weighted by molar-refractivity contribution is -0.121. The van der Waals surface area contributed by atoms with Crippen LogP contribution in [0.3, 0.4) is 0 Å². The Balaban J connectivity index is 2.10. The molecule has 2 aromatic carbocycles. The highest BCUT2D eigenvalue weighted by atomic mass is 28.4. The topological polar surface area (TPSA) is 18.5 Å². The molecular formula is C21H28O2Si. The fourth-order valence-electron chi connectivity index (χ4n) is 3.58. The van der Waals surface area contributed by atoms with Crippen LogP contribution in [-0.2, 0) is 9.16 Å². The second-order valence-electron chi connectivity index (χ2n) is 8.26. The number of rotatable bonds is 5. The van der Waals surface area contributed by atoms with Gasteiger partial charge in [0.25, 0.3) is 8.32 Å². The Kier molecular flexibility index (Phi) is 4.69. The third-order valence-electron chi connectivity index (χ3n) is 4.96. The van der Waals surface area contributed by atoms with E-state index in [-0.39, 0.29) is 10.5 Å². The molecule has 1 aliphatic heterocycles. The van der Waals surface area contributed by atoms with Crippen LogP contribution in [0.1, 0.15) is 27.7 Å². The summed E-state index contributed by atoms with van der Waals surface area (Å²) in [5.41, 5.74) is 0.146. The van der Waals surface area contributed by atoms with E-state index >= 15 is 0 Å². The summed E-state index contributed by atoms with van der Waals surface area (Å²) in [6, 6.07) is 21.6. The van der Waals surface area contributed by atoms with Crippen molar-refractivity contribution in [3.05, 3.63) is 60.7 Å². The van der Waals surface area contributed by atoms with Gasteiger partial charge in [-0.05, 0) is 15.4 Å². The van der Waals surface area contributed by atoms with Gasteiger partial charge in [-0.25, -0.2) is 0 Å². The van der Waals surface area contributed by atoms with Gasteiger partial charge in [0.2, 0.25) is 0 Å². The highest BCUT2D eigenvalue weighted by molar-refractivity contribution is 6.99. The molecule has 0 bridgehead atoms. The summed E-state index contributed by atoms with van der Waals surface area (Å²) in [5, 5.41) is 2.72. The van der Waals surface area contributed by atoms with Crippen LogP contribution in [0.2, 0.25) is 5.04 Å².